The first-order valence-corrected chi connectivity index (χ1v) is 16.5. The van der Waals surface area contributed by atoms with E-state index in [0.29, 0.717) is 31.0 Å². The highest BCUT2D eigenvalue weighted by Gasteiger charge is 2.40. The van der Waals surface area contributed by atoms with E-state index in [1.54, 1.807) is 29.7 Å². The third-order valence-electron chi connectivity index (χ3n) is 8.87. The Hall–Kier alpha value is -3.96. The van der Waals surface area contributed by atoms with E-state index in [4.69, 9.17) is 11.6 Å². The number of hydrogen-bond acceptors (Lipinski definition) is 8. The number of aryl methyl sites for hydroxylation is 2. The molecule has 0 bridgehead atoms. The van der Waals surface area contributed by atoms with Gasteiger partial charge < -0.3 is 20.6 Å². The molecular formula is C35H43N7O2S. The predicted molar refractivity (Wildman–Crippen MR) is 182 cm³/mol. The molecule has 1 aliphatic heterocycles. The fraction of sp³-hybridized carbons (Fsp3) is 0.343. The van der Waals surface area contributed by atoms with Crippen LogP contribution >= 0.6 is 0 Å². The summed E-state index contributed by atoms with van der Waals surface area (Å²) in [6.45, 7) is 11.8. The molecule has 0 saturated carbocycles. The number of nitrogen functional groups attached to an aromatic ring is 1. The molecule has 0 fully saturated rings. The molecule has 9 nitrogen and oxygen atoms in total. The van der Waals surface area contributed by atoms with Crippen molar-refractivity contribution in [1.29, 1.82) is 0 Å². The first kappa shape index (κ1) is 32.4. The zero-order chi connectivity index (χ0) is 32.3. The number of nitrogens with one attached hydrogen (secondary N) is 1. The molecule has 10 heteroatoms. The highest BCUT2D eigenvalue weighted by Crippen LogP contribution is 2.46. The monoisotopic (exact) mass is 625 g/mol. The molecule has 1 aliphatic rings. The first-order chi connectivity index (χ1) is 21.5. The van der Waals surface area contributed by atoms with E-state index >= 15 is 0 Å². The number of hydrogen-bond donors (Lipinski definition) is 3. The van der Waals surface area contributed by atoms with Gasteiger partial charge in [0.05, 0.1) is 52.3 Å². The molecule has 236 valence electrons. The quantitative estimate of drug-likeness (QED) is 0.0941. The smallest absolute Gasteiger partial charge is 0.231 e. The van der Waals surface area contributed by atoms with Crippen LogP contribution in [0.15, 0.2) is 78.1 Å². The second-order valence-corrected chi connectivity index (χ2v) is 13.7. The van der Waals surface area contributed by atoms with E-state index in [1.165, 1.54) is 0 Å². The van der Waals surface area contributed by atoms with Gasteiger partial charge in [-0.3, -0.25) is 14.8 Å². The van der Waals surface area contributed by atoms with Crippen molar-refractivity contribution in [3.05, 3.63) is 107 Å². The Balaban J connectivity index is 1.58. The van der Waals surface area contributed by atoms with Gasteiger partial charge in [-0.15, -0.1) is 4.31 Å². The van der Waals surface area contributed by atoms with E-state index in [-0.39, 0.29) is 11.8 Å². The number of carbonyl (C=O) groups excluding carboxylic acids is 1. The molecule has 2 atom stereocenters. The number of carbonyl (C=O) groups is 1. The van der Waals surface area contributed by atoms with Crippen molar-refractivity contribution in [2.45, 2.75) is 64.8 Å². The molecule has 5 rings (SSSR count). The molecule has 0 aliphatic carbocycles. The summed E-state index contributed by atoms with van der Waals surface area (Å²) in [6.07, 6.45) is 6.75. The van der Waals surface area contributed by atoms with Crippen molar-refractivity contribution in [1.82, 2.24) is 14.3 Å². The van der Waals surface area contributed by atoms with Gasteiger partial charge in [-0.1, -0.05) is 38.1 Å². The SMILES string of the molecule is CCN(N)c1ccc(C(c2ccc(C)c(CN3CCCc4ncccc4[S+]3[O-])c2)C(C)(C)C(=O)Nc2cccnc2)c(C)c1N. The van der Waals surface area contributed by atoms with E-state index < -0.39 is 16.8 Å². The van der Waals surface area contributed by atoms with E-state index in [9.17, 15) is 9.35 Å². The van der Waals surface area contributed by atoms with Crippen LogP contribution < -0.4 is 21.9 Å². The summed E-state index contributed by atoms with van der Waals surface area (Å²) >= 11 is -1.33. The third-order valence-corrected chi connectivity index (χ3v) is 10.4. The number of amides is 1. The minimum absolute atomic E-state index is 0.142. The maximum absolute atomic E-state index is 14.1. The van der Waals surface area contributed by atoms with Crippen LogP contribution in [0, 0.1) is 19.3 Å². The van der Waals surface area contributed by atoms with Gasteiger partial charge >= 0.3 is 0 Å². The normalized spacial score (nSPS) is 16.0. The largest absolute Gasteiger partial charge is 0.593 e. The van der Waals surface area contributed by atoms with Crippen molar-refractivity contribution in [2.24, 2.45) is 11.3 Å². The van der Waals surface area contributed by atoms with Crippen LogP contribution in [-0.4, -0.2) is 37.8 Å². The van der Waals surface area contributed by atoms with Crippen LogP contribution in [0.5, 0.6) is 0 Å². The van der Waals surface area contributed by atoms with Gasteiger partial charge in [-0.25, -0.2) is 5.84 Å². The lowest BCUT2D eigenvalue weighted by atomic mass is 9.69. The van der Waals surface area contributed by atoms with Gasteiger partial charge in [0.25, 0.3) is 0 Å². The van der Waals surface area contributed by atoms with Gasteiger partial charge in [0.2, 0.25) is 5.91 Å². The number of nitrogens with zero attached hydrogens (tertiary/aromatic N) is 4. The van der Waals surface area contributed by atoms with Crippen molar-refractivity contribution < 1.29 is 9.35 Å². The lowest BCUT2D eigenvalue weighted by Crippen LogP contribution is -2.38. The average molecular weight is 626 g/mol. The summed E-state index contributed by atoms with van der Waals surface area (Å²) in [4.78, 5) is 23.5. The summed E-state index contributed by atoms with van der Waals surface area (Å²) in [5.74, 6) is 5.74. The summed E-state index contributed by atoms with van der Waals surface area (Å²) in [7, 11) is 0. The van der Waals surface area contributed by atoms with Gasteiger partial charge in [-0.2, -0.15) is 0 Å². The second-order valence-electron chi connectivity index (χ2n) is 12.2. The summed E-state index contributed by atoms with van der Waals surface area (Å²) in [5, 5.41) is 4.70. The van der Waals surface area contributed by atoms with Crippen LogP contribution in [-0.2, 0) is 29.1 Å². The Kier molecular flexibility index (Phi) is 9.79. The molecule has 0 radical (unpaired) electrons. The standard InChI is InChI=1S/C35H43N7O2S/c1-6-42(37)30-16-15-28(24(3)33(30)36)32(35(4,5)34(43)40-27-10-7-17-38-21-27)25-14-13-23(2)26(20-25)22-41-19-9-11-29-31(45(41)44)12-8-18-39-29/h7-8,10,12-18,20-21,32H,6,9,11,19,22,36-37H2,1-5H3,(H,40,43). The van der Waals surface area contributed by atoms with Crippen molar-refractivity contribution in [2.75, 3.05) is 29.1 Å². The Morgan fingerprint density at radius 2 is 1.93 bits per heavy atom. The molecule has 5 N–H and O–H groups in total. The summed E-state index contributed by atoms with van der Waals surface area (Å²) in [6, 6.07) is 17.7. The molecule has 0 spiro atoms. The molecule has 45 heavy (non-hydrogen) atoms. The van der Waals surface area contributed by atoms with Gasteiger partial charge in [0.1, 0.15) is 0 Å². The topological polar surface area (TPSA) is 136 Å². The highest BCUT2D eigenvalue weighted by molar-refractivity contribution is 7.89. The predicted octanol–water partition coefficient (Wildman–Crippen LogP) is 5.64. The van der Waals surface area contributed by atoms with Gasteiger partial charge in [0.15, 0.2) is 4.90 Å². The number of pyridine rings is 2. The van der Waals surface area contributed by atoms with Crippen LogP contribution in [0.2, 0.25) is 0 Å². The van der Waals surface area contributed by atoms with E-state index in [2.05, 4.69) is 40.4 Å². The number of aromatic nitrogens is 2. The van der Waals surface area contributed by atoms with Crippen LogP contribution in [0.25, 0.3) is 0 Å². The lowest BCUT2D eigenvalue weighted by Gasteiger charge is -2.36. The highest BCUT2D eigenvalue weighted by atomic mass is 32.2. The molecule has 4 aromatic rings. The van der Waals surface area contributed by atoms with Crippen LogP contribution in [0.4, 0.5) is 17.1 Å². The van der Waals surface area contributed by atoms with Crippen molar-refractivity contribution in [3.63, 3.8) is 0 Å². The van der Waals surface area contributed by atoms with Crippen molar-refractivity contribution in [3.8, 4) is 0 Å². The molecular weight excluding hydrogens is 582 g/mol. The molecule has 2 aromatic heterocycles. The number of benzene rings is 2. The number of rotatable bonds is 9. The minimum Gasteiger partial charge on any atom is -0.593 e. The molecule has 2 aromatic carbocycles. The average Bonchev–Trinajstić information content (AvgIpc) is 3.19. The number of anilines is 3. The zero-order valence-electron chi connectivity index (χ0n) is 26.7. The molecule has 1 amide bonds. The minimum atomic E-state index is -1.33. The number of hydrazine groups is 1. The fourth-order valence-electron chi connectivity index (χ4n) is 6.09. The Morgan fingerprint density at radius 1 is 1.16 bits per heavy atom. The molecule has 2 unspecified atom stereocenters. The molecule has 0 saturated heterocycles. The van der Waals surface area contributed by atoms with Crippen LogP contribution in [0.3, 0.4) is 0 Å². The molecule has 3 heterocycles. The lowest BCUT2D eigenvalue weighted by molar-refractivity contribution is -0.124. The number of fused-ring (bicyclic) bond motifs is 1. The van der Waals surface area contributed by atoms with Gasteiger partial charge in [-0.05, 0) is 91.8 Å². The zero-order valence-corrected chi connectivity index (χ0v) is 27.5. The summed E-state index contributed by atoms with van der Waals surface area (Å²) in [5.41, 5.74) is 13.6. The summed E-state index contributed by atoms with van der Waals surface area (Å²) < 4.78 is 15.7. The Labute approximate surface area is 269 Å². The van der Waals surface area contributed by atoms with E-state index in [1.807, 2.05) is 62.3 Å². The second kappa shape index (κ2) is 13.6. The fourth-order valence-corrected chi connectivity index (χ4v) is 7.47. The van der Waals surface area contributed by atoms with E-state index in [0.717, 1.165) is 56.9 Å². The van der Waals surface area contributed by atoms with Gasteiger partial charge in [0, 0.05) is 31.4 Å². The Morgan fingerprint density at radius 3 is 2.67 bits per heavy atom. The third kappa shape index (κ3) is 6.69. The maximum Gasteiger partial charge on any atom is 0.231 e. The maximum atomic E-state index is 14.1. The van der Waals surface area contributed by atoms with Crippen LogP contribution in [0.1, 0.15) is 66.6 Å². The first-order valence-electron chi connectivity index (χ1n) is 15.4. The Bertz CT molecular complexity index is 1660. The van der Waals surface area contributed by atoms with Crippen molar-refractivity contribution >= 4 is 34.3 Å². The number of nitrogens with two attached hydrogens (primary N) is 2.